The zero-order valence-electron chi connectivity index (χ0n) is 36.6. The third-order valence-electron chi connectivity index (χ3n) is 8.63. The Morgan fingerprint density at radius 2 is 0.933 bits per heavy atom. The number of carbonyl (C=O) groups excluding carboxylic acids is 3. The molecule has 0 heterocycles. The molecule has 2 atom stereocenters. The third-order valence-corrected chi connectivity index (χ3v) is 8.63. The summed E-state index contributed by atoms with van der Waals surface area (Å²) in [5.74, 6) is -2.65. The summed E-state index contributed by atoms with van der Waals surface area (Å²) in [6, 6.07) is -1.42. The minimum atomic E-state index is -1.42. The second kappa shape index (κ2) is 43.6. The number of carboxylic acid groups (broad SMARTS) is 1. The van der Waals surface area contributed by atoms with Crippen molar-refractivity contribution in [3.63, 3.8) is 0 Å². The quantitative estimate of drug-likeness (QED) is 0.0277. The average molecular weight is 829 g/mol. The van der Waals surface area contributed by atoms with Crippen molar-refractivity contribution < 1.29 is 34.1 Å². The summed E-state index contributed by atoms with van der Waals surface area (Å²) in [5, 5.41) is 22.6. The number of aliphatic hydroxyl groups is 1. The summed E-state index contributed by atoms with van der Waals surface area (Å²) >= 11 is 0. The Morgan fingerprint density at radius 1 is 0.517 bits per heavy atom. The van der Waals surface area contributed by atoms with Crippen LogP contribution in [0.2, 0.25) is 0 Å². The lowest BCUT2D eigenvalue weighted by atomic mass is 10.1. The minimum Gasteiger partial charge on any atom is -0.480 e. The molecule has 332 valence electrons. The molecule has 0 spiro atoms. The number of unbranched alkanes of at least 4 members (excludes halogenated alkanes) is 3. The Labute approximate surface area is 362 Å². The van der Waals surface area contributed by atoms with Crippen LogP contribution in [0.15, 0.2) is 134 Å². The third kappa shape index (κ3) is 39.8. The molecule has 0 aromatic heterocycles. The normalized spacial score (nSPS) is 13.8. The van der Waals surface area contributed by atoms with Crippen LogP contribution in [0.3, 0.4) is 0 Å². The molecule has 0 fully saturated rings. The van der Waals surface area contributed by atoms with Gasteiger partial charge in [-0.15, -0.1) is 0 Å². The lowest BCUT2D eigenvalue weighted by Crippen LogP contribution is -2.47. The largest absolute Gasteiger partial charge is 0.480 e. The fourth-order valence-electron chi connectivity index (χ4n) is 5.31. The van der Waals surface area contributed by atoms with Gasteiger partial charge in [0, 0.05) is 12.8 Å². The highest BCUT2D eigenvalue weighted by Gasteiger charge is 2.19. The minimum absolute atomic E-state index is 0.163. The van der Waals surface area contributed by atoms with Crippen LogP contribution in [0.4, 0.5) is 0 Å². The predicted molar refractivity (Wildman–Crippen MR) is 249 cm³/mol. The number of hydrogen-bond acceptors (Lipinski definition) is 6. The van der Waals surface area contributed by atoms with Gasteiger partial charge in [0.2, 0.25) is 11.8 Å². The second-order valence-corrected chi connectivity index (χ2v) is 14.0. The maximum Gasteiger partial charge on any atom is 0.328 e. The predicted octanol–water partition coefficient (Wildman–Crippen LogP) is 11.1. The monoisotopic (exact) mass is 829 g/mol. The van der Waals surface area contributed by atoms with Gasteiger partial charge in [-0.25, -0.2) is 4.79 Å². The summed E-state index contributed by atoms with van der Waals surface area (Å²) in [6.45, 7) is 3.14. The van der Waals surface area contributed by atoms with Gasteiger partial charge in [-0.05, 0) is 115 Å². The molecule has 0 radical (unpaired) electrons. The Balaban J connectivity index is 4.62. The molecule has 0 aromatic carbocycles. The van der Waals surface area contributed by atoms with Crippen LogP contribution in [0.1, 0.15) is 136 Å². The molecule has 0 saturated carbocycles. The Morgan fingerprint density at radius 3 is 1.37 bits per heavy atom. The molecule has 0 aliphatic rings. The highest BCUT2D eigenvalue weighted by Crippen LogP contribution is 2.12. The molecular formula is C51H76N2O7. The van der Waals surface area contributed by atoms with Crippen molar-refractivity contribution in [1.82, 2.24) is 10.6 Å². The zero-order chi connectivity index (χ0) is 44.0. The lowest BCUT2D eigenvalue weighted by Gasteiger charge is -2.15. The van der Waals surface area contributed by atoms with Crippen LogP contribution in [0, 0.1) is 0 Å². The Bertz CT molecular complexity index is 1460. The molecule has 4 N–H and O–H groups in total. The van der Waals surface area contributed by atoms with Crippen LogP contribution in [-0.2, 0) is 23.9 Å². The van der Waals surface area contributed by atoms with Crippen molar-refractivity contribution in [2.45, 2.75) is 148 Å². The number of nitrogens with one attached hydrogen (secondary N) is 2. The highest BCUT2D eigenvalue weighted by atomic mass is 16.5. The van der Waals surface area contributed by atoms with Gasteiger partial charge in [0.05, 0.1) is 13.2 Å². The van der Waals surface area contributed by atoms with E-state index in [1.165, 1.54) is 0 Å². The van der Waals surface area contributed by atoms with Gasteiger partial charge in [0.25, 0.3) is 0 Å². The number of ether oxygens (including phenoxy) is 1. The maximum atomic E-state index is 12.8. The van der Waals surface area contributed by atoms with Gasteiger partial charge >= 0.3 is 11.9 Å². The van der Waals surface area contributed by atoms with Crippen LogP contribution >= 0.6 is 0 Å². The van der Waals surface area contributed by atoms with E-state index in [1.807, 2.05) is 12.2 Å². The standard InChI is InChI=1S/C51H76N2O7/c1-3-5-7-9-11-13-15-17-19-20-21-22-23-24-25-27-29-31-33-35-37-43-50(57)60-46(40-36-34-32-30-28-26-18-16-14-12-10-8-6-4-2)41-38-39-42-48(55)52-44-49(56)53-47(45-54)51(58)59/h5-8,11-14,17-19,21-22,24-26,29-32,36,40,46-47,54H,3-4,9-10,15-16,20,23,27-28,33-35,37-39,41-45H2,1-2H3,(H,52,55)(H,53,56)(H,58,59)/b7-5-,8-6-,13-11-,14-12-,19-17-,22-21-,25-24-,26-18-,31-29-,32-30-,40-36-. The van der Waals surface area contributed by atoms with E-state index in [4.69, 9.17) is 14.9 Å². The van der Waals surface area contributed by atoms with Gasteiger partial charge in [-0.1, -0.05) is 141 Å². The fourth-order valence-corrected chi connectivity index (χ4v) is 5.31. The zero-order valence-corrected chi connectivity index (χ0v) is 36.6. The van der Waals surface area contributed by atoms with Crippen LogP contribution in [0.25, 0.3) is 0 Å². The van der Waals surface area contributed by atoms with Crippen LogP contribution < -0.4 is 10.6 Å². The molecule has 9 nitrogen and oxygen atoms in total. The average Bonchev–Trinajstić information content (AvgIpc) is 3.23. The van der Waals surface area contributed by atoms with Crippen LogP contribution in [0.5, 0.6) is 0 Å². The van der Waals surface area contributed by atoms with E-state index >= 15 is 0 Å². The molecule has 0 aliphatic carbocycles. The first kappa shape index (κ1) is 55.0. The molecule has 9 heteroatoms. The Kier molecular flexibility index (Phi) is 39.9. The number of allylic oxidation sites excluding steroid dienone is 21. The molecule has 0 saturated heterocycles. The van der Waals surface area contributed by atoms with Crippen LogP contribution in [-0.4, -0.2) is 59.3 Å². The number of aliphatic hydroxyl groups excluding tert-OH is 1. The number of rotatable bonds is 37. The SMILES string of the molecule is CC/C=C\C/C=C\C/C=C\C/C=C\C/C=C\C/C=C\CCCCC(=O)OC(/C=C\C/C=C\C/C=C\C/C=C\C/C=C\CC)CCCCC(=O)NCC(=O)NC(CO)C(=O)O. The molecular weight excluding hydrogens is 753 g/mol. The number of amides is 2. The first-order valence-corrected chi connectivity index (χ1v) is 22.1. The fraction of sp³-hybridized carbons (Fsp3) is 0.490. The van der Waals surface area contributed by atoms with Gasteiger partial charge in [0.15, 0.2) is 0 Å². The van der Waals surface area contributed by atoms with E-state index < -0.39 is 30.6 Å². The Hall–Kier alpha value is -5.02. The summed E-state index contributed by atoms with van der Waals surface area (Å²) in [4.78, 5) is 47.9. The first-order valence-electron chi connectivity index (χ1n) is 22.1. The van der Waals surface area contributed by atoms with E-state index in [9.17, 15) is 19.2 Å². The molecule has 0 rings (SSSR count). The second-order valence-electron chi connectivity index (χ2n) is 14.0. The summed E-state index contributed by atoms with van der Waals surface area (Å²) in [7, 11) is 0. The number of carbonyl (C=O) groups is 4. The van der Waals surface area contributed by atoms with Gasteiger partial charge in [-0.3, -0.25) is 14.4 Å². The summed E-state index contributed by atoms with van der Waals surface area (Å²) < 4.78 is 5.83. The summed E-state index contributed by atoms with van der Waals surface area (Å²) in [5.41, 5.74) is 0. The molecule has 60 heavy (non-hydrogen) atoms. The van der Waals surface area contributed by atoms with E-state index in [0.717, 1.165) is 83.5 Å². The topological polar surface area (TPSA) is 142 Å². The van der Waals surface area contributed by atoms with E-state index in [1.54, 1.807) is 0 Å². The van der Waals surface area contributed by atoms with Crippen molar-refractivity contribution in [3.8, 4) is 0 Å². The number of aliphatic carboxylic acids is 1. The smallest absolute Gasteiger partial charge is 0.328 e. The number of esters is 1. The molecule has 2 unspecified atom stereocenters. The lowest BCUT2D eigenvalue weighted by molar-refractivity contribution is -0.147. The molecule has 0 aliphatic heterocycles. The molecule has 2 amide bonds. The van der Waals surface area contributed by atoms with E-state index in [2.05, 4.69) is 146 Å². The van der Waals surface area contributed by atoms with E-state index in [0.29, 0.717) is 32.1 Å². The number of carboxylic acids is 1. The van der Waals surface area contributed by atoms with E-state index in [-0.39, 0.29) is 24.8 Å². The van der Waals surface area contributed by atoms with Crippen molar-refractivity contribution in [3.05, 3.63) is 134 Å². The van der Waals surface area contributed by atoms with Crippen molar-refractivity contribution >= 4 is 23.8 Å². The molecule has 0 bridgehead atoms. The first-order chi connectivity index (χ1) is 29.3. The van der Waals surface area contributed by atoms with Crippen molar-refractivity contribution in [2.75, 3.05) is 13.2 Å². The van der Waals surface area contributed by atoms with Gasteiger partial charge < -0.3 is 25.6 Å². The van der Waals surface area contributed by atoms with Gasteiger partial charge in [-0.2, -0.15) is 0 Å². The number of hydrogen-bond donors (Lipinski definition) is 4. The van der Waals surface area contributed by atoms with Crippen molar-refractivity contribution in [1.29, 1.82) is 0 Å². The maximum absolute atomic E-state index is 12.8. The highest BCUT2D eigenvalue weighted by molar-refractivity contribution is 5.87. The molecule has 0 aromatic rings. The van der Waals surface area contributed by atoms with Gasteiger partial charge in [0.1, 0.15) is 12.1 Å². The van der Waals surface area contributed by atoms with Crippen molar-refractivity contribution in [2.24, 2.45) is 0 Å². The summed E-state index contributed by atoms with van der Waals surface area (Å²) in [6.07, 6.45) is 62.0.